The van der Waals surface area contributed by atoms with E-state index < -0.39 is 0 Å². The number of anilines is 4. The van der Waals surface area contributed by atoms with Gasteiger partial charge in [0.1, 0.15) is 27.3 Å². The van der Waals surface area contributed by atoms with Crippen LogP contribution in [0.5, 0.6) is 5.75 Å². The van der Waals surface area contributed by atoms with E-state index in [4.69, 9.17) is 10.5 Å². The van der Waals surface area contributed by atoms with E-state index in [-0.39, 0.29) is 22.0 Å². The lowest BCUT2D eigenvalue weighted by atomic mass is 10.2. The van der Waals surface area contributed by atoms with Gasteiger partial charge in [-0.3, -0.25) is 4.79 Å². The van der Waals surface area contributed by atoms with E-state index in [1.54, 1.807) is 31.4 Å². The second-order valence-corrected chi connectivity index (χ2v) is 6.36. The van der Waals surface area contributed by atoms with Gasteiger partial charge in [0.05, 0.1) is 12.8 Å². The predicted molar refractivity (Wildman–Crippen MR) is 104 cm³/mol. The Labute approximate surface area is 154 Å². The molecule has 3 rings (SSSR count). The second-order valence-electron chi connectivity index (χ2n) is 5.33. The summed E-state index contributed by atoms with van der Waals surface area (Å²) in [6, 6.07) is 18.4. The molecule has 0 unspecified atom stereocenters. The van der Waals surface area contributed by atoms with Crippen molar-refractivity contribution in [3.63, 3.8) is 0 Å². The molecule has 0 saturated carbocycles. The van der Waals surface area contributed by atoms with E-state index >= 15 is 0 Å². The Kier molecular flexibility index (Phi) is 5.06. The van der Waals surface area contributed by atoms with Crippen LogP contribution in [0.3, 0.4) is 0 Å². The van der Waals surface area contributed by atoms with Crippen LogP contribution >= 0.6 is 11.3 Å². The number of nitrogens with two attached hydrogens (primary N) is 1. The third kappa shape index (κ3) is 3.61. The van der Waals surface area contributed by atoms with Crippen LogP contribution in [0.2, 0.25) is 0 Å². The fourth-order valence-corrected chi connectivity index (χ4v) is 3.31. The number of hydrogen-bond acceptors (Lipinski definition) is 6. The summed E-state index contributed by atoms with van der Waals surface area (Å²) < 4.78 is 5.09. The van der Waals surface area contributed by atoms with Crippen molar-refractivity contribution >= 4 is 39.3 Å². The maximum absolute atomic E-state index is 12.6. The highest BCUT2D eigenvalue weighted by Gasteiger charge is 2.21. The number of benzene rings is 2. The zero-order chi connectivity index (χ0) is 18.5. The molecular weight excluding hydrogens is 348 g/mol. The van der Waals surface area contributed by atoms with E-state index in [2.05, 4.69) is 16.7 Å². The van der Waals surface area contributed by atoms with Crippen LogP contribution < -0.4 is 21.1 Å². The van der Waals surface area contributed by atoms with Gasteiger partial charge >= 0.3 is 0 Å². The first kappa shape index (κ1) is 17.3. The molecule has 0 spiro atoms. The van der Waals surface area contributed by atoms with Crippen LogP contribution in [0, 0.1) is 11.3 Å². The Hall–Kier alpha value is -3.50. The van der Waals surface area contributed by atoms with Crippen molar-refractivity contribution in [1.29, 1.82) is 5.26 Å². The summed E-state index contributed by atoms with van der Waals surface area (Å²) in [6.45, 7) is 0. The number of methoxy groups -OCH3 is 1. The number of carbonyl (C=O) groups is 1. The lowest BCUT2D eigenvalue weighted by molar-refractivity contribution is 0.103. The molecule has 6 nitrogen and oxygen atoms in total. The Morgan fingerprint density at radius 2 is 1.81 bits per heavy atom. The summed E-state index contributed by atoms with van der Waals surface area (Å²) in [5, 5.41) is 15.9. The number of ether oxygens (including phenoxy) is 1. The molecule has 0 fully saturated rings. The van der Waals surface area contributed by atoms with Crippen LogP contribution in [0.15, 0.2) is 54.6 Å². The summed E-state index contributed by atoms with van der Waals surface area (Å²) in [4.78, 5) is 12.9. The number of amides is 1. The Morgan fingerprint density at radius 3 is 2.42 bits per heavy atom. The molecule has 0 aliphatic rings. The normalized spacial score (nSPS) is 10.0. The van der Waals surface area contributed by atoms with Gasteiger partial charge in [-0.2, -0.15) is 5.26 Å². The van der Waals surface area contributed by atoms with Crippen LogP contribution in [0.1, 0.15) is 15.2 Å². The average molecular weight is 364 g/mol. The van der Waals surface area contributed by atoms with Gasteiger partial charge < -0.3 is 21.1 Å². The number of nitriles is 1. The maximum atomic E-state index is 12.6. The Morgan fingerprint density at radius 1 is 1.12 bits per heavy atom. The fraction of sp³-hybridized carbons (Fsp3) is 0.0526. The predicted octanol–water partition coefficient (Wildman–Crippen LogP) is 4.21. The molecule has 4 N–H and O–H groups in total. The molecular formula is C19H16N4O2S. The Bertz CT molecular complexity index is 960. The molecule has 0 aliphatic heterocycles. The van der Waals surface area contributed by atoms with Crippen molar-refractivity contribution in [2.45, 2.75) is 0 Å². The topological polar surface area (TPSA) is 100 Å². The lowest BCUT2D eigenvalue weighted by Crippen LogP contribution is -2.12. The molecule has 0 atom stereocenters. The van der Waals surface area contributed by atoms with Gasteiger partial charge in [-0.05, 0) is 36.4 Å². The zero-order valence-electron chi connectivity index (χ0n) is 13.9. The molecule has 0 bridgehead atoms. The average Bonchev–Trinajstić information content (AvgIpc) is 2.98. The van der Waals surface area contributed by atoms with E-state index in [0.29, 0.717) is 16.4 Å². The molecule has 0 radical (unpaired) electrons. The minimum Gasteiger partial charge on any atom is -0.497 e. The summed E-state index contributed by atoms with van der Waals surface area (Å²) in [7, 11) is 1.57. The number of rotatable bonds is 5. The number of nitrogen functional groups attached to an aromatic ring is 1. The first-order valence-corrected chi connectivity index (χ1v) is 8.54. The van der Waals surface area contributed by atoms with Gasteiger partial charge in [0, 0.05) is 11.4 Å². The lowest BCUT2D eigenvalue weighted by Gasteiger charge is -2.05. The molecule has 1 aromatic heterocycles. The van der Waals surface area contributed by atoms with E-state index in [9.17, 15) is 10.1 Å². The van der Waals surface area contributed by atoms with Gasteiger partial charge in [0.2, 0.25) is 0 Å². The quantitative estimate of drug-likeness (QED) is 0.630. The van der Waals surface area contributed by atoms with Crippen molar-refractivity contribution in [3.8, 4) is 11.8 Å². The number of carbonyl (C=O) groups excluding carboxylic acids is 1. The SMILES string of the molecule is COc1ccc(NC(=O)c2sc(Nc3ccccc3)c(C#N)c2N)cc1. The van der Waals surface area contributed by atoms with Crippen molar-refractivity contribution in [2.75, 3.05) is 23.5 Å². The van der Waals surface area contributed by atoms with Crippen LogP contribution in [0.25, 0.3) is 0 Å². The van der Waals surface area contributed by atoms with Crippen molar-refractivity contribution in [2.24, 2.45) is 0 Å². The van der Waals surface area contributed by atoms with Crippen molar-refractivity contribution in [1.82, 2.24) is 0 Å². The van der Waals surface area contributed by atoms with Crippen LogP contribution in [-0.2, 0) is 0 Å². The van der Waals surface area contributed by atoms with Gasteiger partial charge in [-0.15, -0.1) is 11.3 Å². The minimum absolute atomic E-state index is 0.168. The molecule has 26 heavy (non-hydrogen) atoms. The monoisotopic (exact) mass is 364 g/mol. The highest BCUT2D eigenvalue weighted by molar-refractivity contribution is 7.19. The van der Waals surface area contributed by atoms with Gasteiger partial charge in [-0.1, -0.05) is 18.2 Å². The minimum atomic E-state index is -0.365. The number of thiophene rings is 1. The third-order valence-corrected chi connectivity index (χ3v) is 4.76. The number of hydrogen-bond donors (Lipinski definition) is 3. The molecule has 1 heterocycles. The summed E-state index contributed by atoms with van der Waals surface area (Å²) in [5.74, 6) is 0.329. The number of para-hydroxylation sites is 1. The molecule has 1 amide bonds. The summed E-state index contributed by atoms with van der Waals surface area (Å²) in [5.41, 5.74) is 7.89. The van der Waals surface area contributed by atoms with Gasteiger partial charge in [0.15, 0.2) is 0 Å². The van der Waals surface area contributed by atoms with Crippen LogP contribution in [-0.4, -0.2) is 13.0 Å². The van der Waals surface area contributed by atoms with Crippen molar-refractivity contribution in [3.05, 3.63) is 65.0 Å². The zero-order valence-corrected chi connectivity index (χ0v) is 14.8. The number of nitrogens with zero attached hydrogens (tertiary/aromatic N) is 1. The molecule has 130 valence electrons. The molecule has 3 aromatic rings. The Balaban J connectivity index is 1.85. The summed E-state index contributed by atoms with van der Waals surface area (Å²) >= 11 is 1.15. The largest absolute Gasteiger partial charge is 0.497 e. The van der Waals surface area contributed by atoms with Crippen molar-refractivity contribution < 1.29 is 9.53 Å². The molecule has 2 aromatic carbocycles. The van der Waals surface area contributed by atoms with E-state index in [1.807, 2.05) is 30.3 Å². The molecule has 0 aliphatic carbocycles. The first-order chi connectivity index (χ1) is 12.6. The van der Waals surface area contributed by atoms with E-state index in [0.717, 1.165) is 17.0 Å². The maximum Gasteiger partial charge on any atom is 0.267 e. The number of nitrogens with one attached hydrogen (secondary N) is 2. The highest BCUT2D eigenvalue weighted by Crippen LogP contribution is 2.37. The molecule has 0 saturated heterocycles. The smallest absolute Gasteiger partial charge is 0.267 e. The summed E-state index contributed by atoms with van der Waals surface area (Å²) in [6.07, 6.45) is 0. The molecule has 7 heteroatoms. The third-order valence-electron chi connectivity index (χ3n) is 3.64. The van der Waals surface area contributed by atoms with E-state index in [1.165, 1.54) is 0 Å². The first-order valence-electron chi connectivity index (χ1n) is 7.72. The van der Waals surface area contributed by atoms with Crippen LogP contribution in [0.4, 0.5) is 22.1 Å². The fourth-order valence-electron chi connectivity index (χ4n) is 2.33. The second kappa shape index (κ2) is 7.59. The van der Waals surface area contributed by atoms with Gasteiger partial charge in [-0.25, -0.2) is 0 Å². The highest BCUT2D eigenvalue weighted by atomic mass is 32.1. The standard InChI is InChI=1S/C19H16N4O2S/c1-25-14-9-7-13(8-10-14)22-18(24)17-16(21)15(11-20)19(26-17)23-12-5-3-2-4-6-12/h2-10,23H,21H2,1H3,(H,22,24). The van der Waals surface area contributed by atoms with Gasteiger partial charge in [0.25, 0.3) is 5.91 Å².